The molecule has 29 heavy (non-hydrogen) atoms. The topological polar surface area (TPSA) is 62.4 Å². The fourth-order valence-electron chi connectivity index (χ4n) is 2.89. The number of nitrogens with one attached hydrogen (secondary N) is 2. The summed E-state index contributed by atoms with van der Waals surface area (Å²) < 4.78 is 27.4. The zero-order valence-corrected chi connectivity index (χ0v) is 17.3. The number of aryl methyl sites for hydroxylation is 2. The first kappa shape index (κ1) is 20.8. The summed E-state index contributed by atoms with van der Waals surface area (Å²) in [6.45, 7) is 7.99. The van der Waals surface area contributed by atoms with E-state index in [0.717, 1.165) is 27.4 Å². The molecule has 152 valence electrons. The summed E-state index contributed by atoms with van der Waals surface area (Å²) >= 11 is 1.56. The average molecular weight is 415 g/mol. The van der Waals surface area contributed by atoms with Crippen molar-refractivity contribution in [2.75, 3.05) is 17.6 Å². The number of allylic oxidation sites excluding steroid dienone is 2. The molecule has 0 radical (unpaired) electrons. The molecule has 0 spiro atoms. The number of nitrogen functional groups attached to an aromatic ring is 1. The smallest absolute Gasteiger partial charge is 0.150 e. The normalized spacial score (nSPS) is 14.6. The monoisotopic (exact) mass is 414 g/mol. The molecule has 1 heterocycles. The third kappa shape index (κ3) is 5.32. The fourth-order valence-corrected chi connectivity index (χ4v) is 3.76. The van der Waals surface area contributed by atoms with Crippen LogP contribution in [0.5, 0.6) is 0 Å². The molecule has 4 N–H and O–H groups in total. The van der Waals surface area contributed by atoms with Crippen LogP contribution in [0.1, 0.15) is 28.8 Å². The lowest BCUT2D eigenvalue weighted by Gasteiger charge is -2.15. The largest absolute Gasteiger partial charge is 0.399 e. The van der Waals surface area contributed by atoms with E-state index >= 15 is 0 Å². The van der Waals surface area contributed by atoms with E-state index in [4.69, 9.17) is 5.73 Å². The van der Waals surface area contributed by atoms with Crippen molar-refractivity contribution in [3.8, 4) is 0 Å². The molecule has 0 unspecified atom stereocenters. The van der Waals surface area contributed by atoms with Gasteiger partial charge in [-0.05, 0) is 60.7 Å². The highest BCUT2D eigenvalue weighted by Gasteiger charge is 2.14. The van der Waals surface area contributed by atoms with E-state index in [-0.39, 0.29) is 31.0 Å². The molecule has 0 amide bonds. The van der Waals surface area contributed by atoms with Gasteiger partial charge in [0.25, 0.3) is 0 Å². The van der Waals surface area contributed by atoms with Crippen LogP contribution in [-0.2, 0) is 0 Å². The maximum Gasteiger partial charge on any atom is 0.150 e. The summed E-state index contributed by atoms with van der Waals surface area (Å²) in [7, 11) is 0. The summed E-state index contributed by atoms with van der Waals surface area (Å²) in [5.41, 5.74) is 9.80. The van der Waals surface area contributed by atoms with Crippen molar-refractivity contribution < 1.29 is 8.78 Å². The Morgan fingerprint density at radius 1 is 1.21 bits per heavy atom. The Kier molecular flexibility index (Phi) is 6.49. The number of nitrogens with zero attached hydrogens (tertiary/aromatic N) is 1. The number of hydrogen-bond acceptors (Lipinski definition) is 4. The Labute approximate surface area is 173 Å². The highest BCUT2D eigenvalue weighted by Crippen LogP contribution is 2.25. The molecule has 4 nitrogen and oxygen atoms in total. The summed E-state index contributed by atoms with van der Waals surface area (Å²) in [5, 5.41) is 8.28. The molecule has 2 aromatic rings. The minimum atomic E-state index is -0.312. The molecule has 7 heteroatoms. The zero-order valence-electron chi connectivity index (χ0n) is 16.5. The van der Waals surface area contributed by atoms with Crippen molar-refractivity contribution in [3.05, 3.63) is 81.4 Å². The maximum atomic E-state index is 13.9. The second kappa shape index (κ2) is 9.05. The average Bonchev–Trinajstić information content (AvgIpc) is 3.11. The molecule has 0 bridgehead atoms. The van der Waals surface area contributed by atoms with Crippen molar-refractivity contribution in [1.29, 1.82) is 0 Å². The maximum absolute atomic E-state index is 13.9. The number of aliphatic imine (C=N–C) groups is 1. The number of nitrogens with two attached hydrogens (primary N) is 1. The van der Waals surface area contributed by atoms with E-state index < -0.39 is 0 Å². The molecule has 1 aromatic heterocycles. The van der Waals surface area contributed by atoms with Crippen LogP contribution < -0.4 is 16.4 Å². The predicted molar refractivity (Wildman–Crippen MR) is 119 cm³/mol. The van der Waals surface area contributed by atoms with Gasteiger partial charge in [-0.1, -0.05) is 6.58 Å². The second-order valence-corrected chi connectivity index (χ2v) is 7.83. The molecule has 0 aliphatic heterocycles. The van der Waals surface area contributed by atoms with Gasteiger partial charge in [0.1, 0.15) is 23.3 Å². The molecule has 3 rings (SSSR count). The van der Waals surface area contributed by atoms with Crippen LogP contribution in [0.2, 0.25) is 0 Å². The van der Waals surface area contributed by atoms with Crippen molar-refractivity contribution in [1.82, 2.24) is 5.32 Å². The van der Waals surface area contributed by atoms with Crippen LogP contribution in [0.15, 0.2) is 70.3 Å². The Hall–Kier alpha value is -2.93. The lowest BCUT2D eigenvalue weighted by molar-refractivity contribution is 0.513. The standard InChI is InChI=1S/C22H24F2N4S/c1-13-8-9-29-21(13)22(28-18-5-7-20(25)14(2)10-18)27-15(3)26-12-16-11-17(23)4-6-19(16)24/h5,7-11,26H,3-4,6,12,25H2,1-2H3,(H,27,28). The highest BCUT2D eigenvalue weighted by atomic mass is 32.1. The predicted octanol–water partition coefficient (Wildman–Crippen LogP) is 5.74. The van der Waals surface area contributed by atoms with Gasteiger partial charge in [-0.25, -0.2) is 13.8 Å². The van der Waals surface area contributed by atoms with Crippen LogP contribution in [0.25, 0.3) is 0 Å². The molecule has 0 saturated heterocycles. The van der Waals surface area contributed by atoms with Gasteiger partial charge in [0.2, 0.25) is 0 Å². The second-order valence-electron chi connectivity index (χ2n) is 6.91. The third-order valence-electron chi connectivity index (χ3n) is 4.60. The number of rotatable bonds is 6. The number of anilines is 2. The van der Waals surface area contributed by atoms with Gasteiger partial charge >= 0.3 is 0 Å². The Balaban J connectivity index is 1.80. The number of benzene rings is 1. The highest BCUT2D eigenvalue weighted by molar-refractivity contribution is 7.12. The molecule has 1 aromatic carbocycles. The summed E-state index contributed by atoms with van der Waals surface area (Å²) in [4.78, 5) is 5.54. The molecule has 0 fully saturated rings. The SMILES string of the molecule is C=C(N=C(Nc1ccc(N)c(C)c1)c1sccc1C)NCC1=C(F)CCC(F)=C1. The van der Waals surface area contributed by atoms with E-state index in [1.807, 2.05) is 43.5 Å². The molecular formula is C22H24F2N4S. The van der Waals surface area contributed by atoms with Gasteiger partial charge in [0.15, 0.2) is 0 Å². The van der Waals surface area contributed by atoms with Crippen LogP contribution in [0, 0.1) is 13.8 Å². The van der Waals surface area contributed by atoms with Gasteiger partial charge in [-0.2, -0.15) is 0 Å². The summed E-state index contributed by atoms with van der Waals surface area (Å²) in [6.07, 6.45) is 1.44. The lowest BCUT2D eigenvalue weighted by atomic mass is 10.1. The minimum absolute atomic E-state index is 0.0901. The molecule has 0 atom stereocenters. The Morgan fingerprint density at radius 2 is 2.00 bits per heavy atom. The first-order valence-corrected chi connectivity index (χ1v) is 10.1. The van der Waals surface area contributed by atoms with Crippen molar-refractivity contribution >= 4 is 28.5 Å². The van der Waals surface area contributed by atoms with E-state index in [9.17, 15) is 8.78 Å². The van der Waals surface area contributed by atoms with Gasteiger partial charge in [-0.3, -0.25) is 0 Å². The van der Waals surface area contributed by atoms with Gasteiger partial charge in [-0.15, -0.1) is 11.3 Å². The van der Waals surface area contributed by atoms with E-state index in [1.54, 1.807) is 11.3 Å². The third-order valence-corrected chi connectivity index (χ3v) is 5.63. The summed E-state index contributed by atoms with van der Waals surface area (Å²) in [5.74, 6) is 0.360. The number of amidine groups is 1. The van der Waals surface area contributed by atoms with Gasteiger partial charge in [0.05, 0.1) is 4.88 Å². The van der Waals surface area contributed by atoms with Gasteiger partial charge in [0, 0.05) is 36.3 Å². The Morgan fingerprint density at radius 3 is 2.69 bits per heavy atom. The lowest BCUT2D eigenvalue weighted by Crippen LogP contribution is -2.20. The van der Waals surface area contributed by atoms with Crippen LogP contribution >= 0.6 is 11.3 Å². The first-order chi connectivity index (χ1) is 13.8. The summed E-state index contributed by atoms with van der Waals surface area (Å²) in [6, 6.07) is 7.67. The molecular weight excluding hydrogens is 390 g/mol. The first-order valence-electron chi connectivity index (χ1n) is 9.26. The molecule has 1 aliphatic carbocycles. The zero-order chi connectivity index (χ0) is 21.0. The van der Waals surface area contributed by atoms with Crippen LogP contribution in [0.4, 0.5) is 20.2 Å². The fraction of sp³-hybridized carbons (Fsp3) is 0.227. The van der Waals surface area contributed by atoms with Crippen LogP contribution in [0.3, 0.4) is 0 Å². The number of thiophene rings is 1. The molecule has 0 saturated carbocycles. The number of hydrogen-bond donors (Lipinski definition) is 3. The van der Waals surface area contributed by atoms with Crippen LogP contribution in [-0.4, -0.2) is 12.4 Å². The van der Waals surface area contributed by atoms with Crippen molar-refractivity contribution in [2.24, 2.45) is 4.99 Å². The Bertz CT molecular complexity index is 1020. The minimum Gasteiger partial charge on any atom is -0.399 e. The molecule has 1 aliphatic rings. The van der Waals surface area contributed by atoms with E-state index in [2.05, 4.69) is 22.2 Å². The van der Waals surface area contributed by atoms with Crippen molar-refractivity contribution in [3.63, 3.8) is 0 Å². The van der Waals surface area contributed by atoms with Crippen molar-refractivity contribution in [2.45, 2.75) is 26.7 Å². The number of halogens is 2. The van der Waals surface area contributed by atoms with Gasteiger partial charge < -0.3 is 16.4 Å². The van der Waals surface area contributed by atoms with E-state index in [1.165, 1.54) is 6.08 Å². The quantitative estimate of drug-likeness (QED) is 0.321. The van der Waals surface area contributed by atoms with E-state index in [0.29, 0.717) is 17.2 Å².